The summed E-state index contributed by atoms with van der Waals surface area (Å²) in [4.78, 5) is 2.18. The van der Waals surface area contributed by atoms with Crippen molar-refractivity contribution in [1.29, 1.82) is 0 Å². The van der Waals surface area contributed by atoms with Crippen LogP contribution in [0.3, 0.4) is 0 Å². The summed E-state index contributed by atoms with van der Waals surface area (Å²) in [6.07, 6.45) is -1.14. The van der Waals surface area contributed by atoms with E-state index in [2.05, 4.69) is 17.1 Å². The molecule has 6 heteroatoms. The molecular formula is C12H24F3N3. The Hall–Kier alpha value is -0.330. The Morgan fingerprint density at radius 2 is 2.06 bits per heavy atom. The molecule has 0 aromatic rings. The molecule has 1 rings (SSSR count). The Morgan fingerprint density at radius 3 is 2.61 bits per heavy atom. The number of nitrogens with zero attached hydrogens (tertiary/aromatic N) is 1. The molecule has 1 aliphatic rings. The van der Waals surface area contributed by atoms with Crippen LogP contribution in [0.25, 0.3) is 0 Å². The standard InChI is InChI=1S/C12H24F3N3/c1-2-3-10-6-11(17-9-12(13,14)15)8-18(7-10)5-4-16/h10-11,17H,2-9,16H2,1H3. The van der Waals surface area contributed by atoms with Crippen molar-refractivity contribution in [2.75, 3.05) is 32.7 Å². The van der Waals surface area contributed by atoms with Gasteiger partial charge < -0.3 is 16.0 Å². The molecule has 3 N–H and O–H groups in total. The van der Waals surface area contributed by atoms with Crippen molar-refractivity contribution in [2.24, 2.45) is 11.7 Å². The highest BCUT2D eigenvalue weighted by molar-refractivity contribution is 4.84. The molecule has 2 unspecified atom stereocenters. The van der Waals surface area contributed by atoms with Crippen LogP contribution in [0, 0.1) is 5.92 Å². The minimum Gasteiger partial charge on any atom is -0.329 e. The second kappa shape index (κ2) is 7.31. The predicted molar refractivity (Wildman–Crippen MR) is 66.4 cm³/mol. The van der Waals surface area contributed by atoms with Crippen LogP contribution in [0.1, 0.15) is 26.2 Å². The van der Waals surface area contributed by atoms with Crippen molar-refractivity contribution in [1.82, 2.24) is 10.2 Å². The maximum absolute atomic E-state index is 12.2. The molecule has 1 fully saturated rings. The fourth-order valence-electron chi connectivity index (χ4n) is 2.69. The summed E-state index contributed by atoms with van der Waals surface area (Å²) in [6, 6.07) is -0.0662. The van der Waals surface area contributed by atoms with Crippen LogP contribution in [0.2, 0.25) is 0 Å². The first kappa shape index (κ1) is 15.7. The van der Waals surface area contributed by atoms with Crippen LogP contribution in [0.5, 0.6) is 0 Å². The van der Waals surface area contributed by atoms with Gasteiger partial charge in [-0.25, -0.2) is 0 Å². The third-order valence-electron chi connectivity index (χ3n) is 3.35. The molecule has 0 amide bonds. The highest BCUT2D eigenvalue weighted by Crippen LogP contribution is 2.22. The number of nitrogens with one attached hydrogen (secondary N) is 1. The van der Waals surface area contributed by atoms with Crippen molar-refractivity contribution in [3.8, 4) is 0 Å². The summed E-state index contributed by atoms with van der Waals surface area (Å²) in [5.74, 6) is 0.487. The quantitative estimate of drug-likeness (QED) is 0.768. The van der Waals surface area contributed by atoms with Gasteiger partial charge in [0.05, 0.1) is 6.54 Å². The summed E-state index contributed by atoms with van der Waals surface area (Å²) in [7, 11) is 0. The number of halogens is 3. The highest BCUT2D eigenvalue weighted by atomic mass is 19.4. The van der Waals surface area contributed by atoms with E-state index in [4.69, 9.17) is 5.73 Å². The van der Waals surface area contributed by atoms with E-state index in [1.807, 2.05) is 0 Å². The number of nitrogens with two attached hydrogens (primary N) is 1. The Labute approximate surface area is 107 Å². The lowest BCUT2D eigenvalue weighted by atomic mass is 9.90. The summed E-state index contributed by atoms with van der Waals surface area (Å²) in [6.45, 7) is 4.19. The van der Waals surface area contributed by atoms with E-state index in [0.29, 0.717) is 19.0 Å². The normalized spacial score (nSPS) is 26.5. The minimum atomic E-state index is -4.13. The fraction of sp³-hybridized carbons (Fsp3) is 1.00. The topological polar surface area (TPSA) is 41.3 Å². The zero-order valence-electron chi connectivity index (χ0n) is 11.0. The van der Waals surface area contributed by atoms with Crippen molar-refractivity contribution < 1.29 is 13.2 Å². The molecule has 0 spiro atoms. The van der Waals surface area contributed by atoms with Gasteiger partial charge in [0.2, 0.25) is 0 Å². The number of hydrogen-bond donors (Lipinski definition) is 2. The maximum Gasteiger partial charge on any atom is 0.401 e. The van der Waals surface area contributed by atoms with Crippen molar-refractivity contribution >= 4 is 0 Å². The average Bonchev–Trinajstić information content (AvgIpc) is 2.26. The van der Waals surface area contributed by atoms with Crippen LogP contribution in [0.4, 0.5) is 13.2 Å². The first-order valence-corrected chi connectivity index (χ1v) is 6.67. The van der Waals surface area contributed by atoms with E-state index < -0.39 is 12.7 Å². The van der Waals surface area contributed by atoms with Gasteiger partial charge in [-0.15, -0.1) is 0 Å². The van der Waals surface area contributed by atoms with Gasteiger partial charge in [0.1, 0.15) is 0 Å². The van der Waals surface area contributed by atoms with Crippen molar-refractivity contribution in [2.45, 2.75) is 38.4 Å². The van der Waals surface area contributed by atoms with Gasteiger partial charge >= 0.3 is 6.18 Å². The maximum atomic E-state index is 12.2. The van der Waals surface area contributed by atoms with Gasteiger partial charge in [-0.05, 0) is 18.8 Å². The minimum absolute atomic E-state index is 0.0662. The molecule has 2 atom stereocenters. The molecule has 1 saturated heterocycles. The van der Waals surface area contributed by atoms with Crippen LogP contribution in [-0.4, -0.2) is 49.8 Å². The largest absolute Gasteiger partial charge is 0.401 e. The van der Waals surface area contributed by atoms with Gasteiger partial charge in [0.15, 0.2) is 0 Å². The van der Waals surface area contributed by atoms with Gasteiger partial charge in [-0.3, -0.25) is 0 Å². The van der Waals surface area contributed by atoms with E-state index in [9.17, 15) is 13.2 Å². The second-order valence-corrected chi connectivity index (χ2v) is 5.13. The summed E-state index contributed by atoms with van der Waals surface area (Å²) < 4.78 is 36.6. The molecule has 1 heterocycles. The van der Waals surface area contributed by atoms with E-state index in [-0.39, 0.29) is 6.04 Å². The van der Waals surface area contributed by atoms with Gasteiger partial charge in [-0.2, -0.15) is 13.2 Å². The van der Waals surface area contributed by atoms with Crippen LogP contribution in [-0.2, 0) is 0 Å². The first-order chi connectivity index (χ1) is 8.44. The van der Waals surface area contributed by atoms with Gasteiger partial charge in [0.25, 0.3) is 0 Å². The number of piperidine rings is 1. The summed E-state index contributed by atoms with van der Waals surface area (Å²) in [5.41, 5.74) is 5.53. The molecule has 0 aromatic heterocycles. The SMILES string of the molecule is CCCC1CC(NCC(F)(F)F)CN(CCN)C1. The Balaban J connectivity index is 2.44. The molecule has 0 aromatic carbocycles. The molecule has 0 aliphatic carbocycles. The number of rotatable bonds is 6. The number of likely N-dealkylation sites (tertiary alicyclic amines) is 1. The zero-order valence-corrected chi connectivity index (χ0v) is 11.0. The number of alkyl halides is 3. The van der Waals surface area contributed by atoms with Crippen LogP contribution < -0.4 is 11.1 Å². The average molecular weight is 267 g/mol. The summed E-state index contributed by atoms with van der Waals surface area (Å²) >= 11 is 0. The first-order valence-electron chi connectivity index (χ1n) is 6.67. The van der Waals surface area contributed by atoms with Crippen molar-refractivity contribution in [3.05, 3.63) is 0 Å². The Morgan fingerprint density at radius 1 is 1.33 bits per heavy atom. The van der Waals surface area contributed by atoms with Crippen LogP contribution in [0.15, 0.2) is 0 Å². The molecule has 3 nitrogen and oxygen atoms in total. The predicted octanol–water partition coefficient (Wildman–Crippen LogP) is 1.59. The highest BCUT2D eigenvalue weighted by Gasteiger charge is 2.31. The molecule has 0 bridgehead atoms. The summed E-state index contributed by atoms with van der Waals surface area (Å²) in [5, 5.41) is 2.63. The Kier molecular flexibility index (Phi) is 6.38. The van der Waals surface area contributed by atoms with Crippen LogP contribution >= 0.6 is 0 Å². The number of hydrogen-bond acceptors (Lipinski definition) is 3. The monoisotopic (exact) mass is 267 g/mol. The lowest BCUT2D eigenvalue weighted by Gasteiger charge is -2.38. The second-order valence-electron chi connectivity index (χ2n) is 5.13. The van der Waals surface area contributed by atoms with E-state index in [1.54, 1.807) is 0 Å². The molecule has 0 saturated carbocycles. The molecule has 18 heavy (non-hydrogen) atoms. The van der Waals surface area contributed by atoms with E-state index in [1.165, 1.54) is 0 Å². The third kappa shape index (κ3) is 6.02. The molecule has 1 aliphatic heterocycles. The molecule has 108 valence electrons. The molecule has 0 radical (unpaired) electrons. The lowest BCUT2D eigenvalue weighted by Crippen LogP contribution is -2.52. The van der Waals surface area contributed by atoms with E-state index >= 15 is 0 Å². The Bertz CT molecular complexity index is 219. The zero-order chi connectivity index (χ0) is 13.6. The molecular weight excluding hydrogens is 243 g/mol. The third-order valence-corrected chi connectivity index (χ3v) is 3.35. The van der Waals surface area contributed by atoms with Crippen molar-refractivity contribution in [3.63, 3.8) is 0 Å². The smallest absolute Gasteiger partial charge is 0.329 e. The van der Waals surface area contributed by atoms with E-state index in [0.717, 1.165) is 32.4 Å². The lowest BCUT2D eigenvalue weighted by molar-refractivity contribution is -0.127. The van der Waals surface area contributed by atoms with Gasteiger partial charge in [0, 0.05) is 32.2 Å². The fourth-order valence-corrected chi connectivity index (χ4v) is 2.69. The van der Waals surface area contributed by atoms with Gasteiger partial charge in [-0.1, -0.05) is 13.3 Å².